The fourth-order valence-electron chi connectivity index (χ4n) is 1.40. The van der Waals surface area contributed by atoms with Crippen molar-refractivity contribution in [3.8, 4) is 5.69 Å². The molecule has 2 aromatic rings. The van der Waals surface area contributed by atoms with Crippen LogP contribution in [0, 0.1) is 5.41 Å². The zero-order valence-electron chi connectivity index (χ0n) is 9.07. The number of nitrogens with zero attached hydrogens (tertiary/aromatic N) is 2. The lowest BCUT2D eigenvalue weighted by Crippen LogP contribution is -2.10. The SMILES string of the molecule is N=C(N)c1ccc(-n2cc(C(F)(F)F)cn2)cc1. The first-order valence-corrected chi connectivity index (χ1v) is 4.94. The van der Waals surface area contributed by atoms with Gasteiger partial charge in [0.2, 0.25) is 0 Å². The maximum Gasteiger partial charge on any atom is 0.419 e. The largest absolute Gasteiger partial charge is 0.419 e. The van der Waals surface area contributed by atoms with Crippen LogP contribution in [-0.2, 0) is 6.18 Å². The van der Waals surface area contributed by atoms with Crippen molar-refractivity contribution < 1.29 is 13.2 Å². The maximum atomic E-state index is 12.4. The zero-order valence-corrected chi connectivity index (χ0v) is 9.07. The van der Waals surface area contributed by atoms with Crippen LogP contribution < -0.4 is 5.73 Å². The number of amidine groups is 1. The summed E-state index contributed by atoms with van der Waals surface area (Å²) in [5.41, 5.74) is 5.44. The van der Waals surface area contributed by atoms with Crippen LogP contribution in [0.5, 0.6) is 0 Å². The molecular weight excluding hydrogens is 245 g/mol. The lowest BCUT2D eigenvalue weighted by molar-refractivity contribution is -0.137. The Labute approximate surface area is 100 Å². The molecule has 0 saturated carbocycles. The highest BCUT2D eigenvalue weighted by molar-refractivity contribution is 5.95. The molecule has 0 aliphatic heterocycles. The molecular formula is C11H9F3N4. The molecule has 94 valence electrons. The third-order valence-corrected chi connectivity index (χ3v) is 2.35. The lowest BCUT2D eigenvalue weighted by Gasteiger charge is -2.03. The molecule has 0 aliphatic carbocycles. The first-order valence-electron chi connectivity index (χ1n) is 4.94. The fourth-order valence-corrected chi connectivity index (χ4v) is 1.40. The number of rotatable bonds is 2. The Kier molecular flexibility index (Phi) is 2.82. The van der Waals surface area contributed by atoms with Gasteiger partial charge in [0.15, 0.2) is 0 Å². The third-order valence-electron chi connectivity index (χ3n) is 2.35. The van der Waals surface area contributed by atoms with Crippen LogP contribution in [-0.4, -0.2) is 15.6 Å². The summed E-state index contributed by atoms with van der Waals surface area (Å²) in [4.78, 5) is 0. The van der Waals surface area contributed by atoms with Crippen LogP contribution in [0.1, 0.15) is 11.1 Å². The first-order chi connectivity index (χ1) is 8.38. The predicted octanol–water partition coefficient (Wildman–Crippen LogP) is 2.18. The Hall–Kier alpha value is -2.31. The van der Waals surface area contributed by atoms with Crippen LogP contribution in [0.15, 0.2) is 36.7 Å². The van der Waals surface area contributed by atoms with Gasteiger partial charge in [-0.25, -0.2) is 4.68 Å². The Bertz CT molecular complexity index is 569. The van der Waals surface area contributed by atoms with Gasteiger partial charge in [-0.05, 0) is 24.3 Å². The minimum atomic E-state index is -4.41. The molecule has 4 nitrogen and oxygen atoms in total. The summed E-state index contributed by atoms with van der Waals surface area (Å²) < 4.78 is 38.3. The summed E-state index contributed by atoms with van der Waals surface area (Å²) in [7, 11) is 0. The van der Waals surface area contributed by atoms with Gasteiger partial charge in [-0.15, -0.1) is 0 Å². The van der Waals surface area contributed by atoms with E-state index in [1.54, 1.807) is 24.3 Å². The van der Waals surface area contributed by atoms with E-state index in [2.05, 4.69) is 5.10 Å². The van der Waals surface area contributed by atoms with E-state index in [-0.39, 0.29) is 5.84 Å². The van der Waals surface area contributed by atoms with Crippen molar-refractivity contribution >= 4 is 5.84 Å². The standard InChI is InChI=1S/C11H9F3N4/c12-11(13,14)8-5-17-18(6-8)9-3-1-7(2-4-9)10(15)16/h1-6H,(H3,15,16). The van der Waals surface area contributed by atoms with Gasteiger partial charge in [0.05, 0.1) is 17.4 Å². The molecule has 0 amide bonds. The summed E-state index contributed by atoms with van der Waals surface area (Å²) in [6.45, 7) is 0. The molecule has 0 aliphatic rings. The van der Waals surface area contributed by atoms with Crippen molar-refractivity contribution in [2.24, 2.45) is 5.73 Å². The van der Waals surface area contributed by atoms with Crippen LogP contribution in [0.4, 0.5) is 13.2 Å². The molecule has 1 heterocycles. The molecule has 18 heavy (non-hydrogen) atoms. The highest BCUT2D eigenvalue weighted by Crippen LogP contribution is 2.29. The number of nitrogens with one attached hydrogen (secondary N) is 1. The number of halogens is 3. The monoisotopic (exact) mass is 254 g/mol. The Morgan fingerprint density at radius 2 is 1.83 bits per heavy atom. The highest BCUT2D eigenvalue weighted by atomic mass is 19.4. The maximum absolute atomic E-state index is 12.4. The molecule has 1 aromatic heterocycles. The van der Waals surface area contributed by atoms with Crippen molar-refractivity contribution in [2.45, 2.75) is 6.18 Å². The van der Waals surface area contributed by atoms with Crippen molar-refractivity contribution in [2.75, 3.05) is 0 Å². The highest BCUT2D eigenvalue weighted by Gasteiger charge is 2.32. The van der Waals surface area contributed by atoms with Crippen LogP contribution in [0.3, 0.4) is 0 Å². The lowest BCUT2D eigenvalue weighted by atomic mass is 10.2. The van der Waals surface area contributed by atoms with Gasteiger partial charge in [-0.2, -0.15) is 18.3 Å². The molecule has 0 atom stereocenters. The molecule has 7 heteroatoms. The second-order valence-electron chi connectivity index (χ2n) is 3.63. The van der Waals surface area contributed by atoms with E-state index in [0.29, 0.717) is 11.3 Å². The summed E-state index contributed by atoms with van der Waals surface area (Å²) in [6.07, 6.45) is -2.74. The van der Waals surface area contributed by atoms with Crippen molar-refractivity contribution in [3.05, 3.63) is 47.8 Å². The topological polar surface area (TPSA) is 67.7 Å². The molecule has 0 spiro atoms. The second-order valence-corrected chi connectivity index (χ2v) is 3.63. The van der Waals surface area contributed by atoms with Crippen molar-refractivity contribution in [1.82, 2.24) is 9.78 Å². The first kappa shape index (κ1) is 12.2. The number of benzene rings is 1. The zero-order chi connectivity index (χ0) is 13.3. The number of hydrogen-bond donors (Lipinski definition) is 2. The van der Waals surface area contributed by atoms with Crippen molar-refractivity contribution in [3.63, 3.8) is 0 Å². The Morgan fingerprint density at radius 1 is 1.22 bits per heavy atom. The van der Waals surface area contributed by atoms with E-state index in [4.69, 9.17) is 11.1 Å². The van der Waals surface area contributed by atoms with Crippen LogP contribution >= 0.6 is 0 Å². The van der Waals surface area contributed by atoms with E-state index >= 15 is 0 Å². The fraction of sp³-hybridized carbons (Fsp3) is 0.0909. The molecule has 0 saturated heterocycles. The summed E-state index contributed by atoms with van der Waals surface area (Å²) in [6, 6.07) is 6.19. The number of hydrogen-bond acceptors (Lipinski definition) is 2. The normalized spacial score (nSPS) is 11.5. The molecule has 0 fully saturated rings. The van der Waals surface area contributed by atoms with Crippen LogP contribution in [0.25, 0.3) is 5.69 Å². The van der Waals surface area contributed by atoms with Gasteiger partial charge in [-0.1, -0.05) is 0 Å². The minimum absolute atomic E-state index is 0.0991. The Morgan fingerprint density at radius 3 is 2.28 bits per heavy atom. The summed E-state index contributed by atoms with van der Waals surface area (Å²) in [5.74, 6) is -0.0991. The van der Waals surface area contributed by atoms with E-state index in [9.17, 15) is 13.2 Å². The smallest absolute Gasteiger partial charge is 0.384 e. The van der Waals surface area contributed by atoms with Gasteiger partial charge >= 0.3 is 6.18 Å². The van der Waals surface area contributed by atoms with Gasteiger partial charge < -0.3 is 5.73 Å². The molecule has 0 radical (unpaired) electrons. The average Bonchev–Trinajstić information content (AvgIpc) is 2.78. The molecule has 2 rings (SSSR count). The quantitative estimate of drug-likeness (QED) is 0.637. The molecule has 0 bridgehead atoms. The molecule has 0 unspecified atom stereocenters. The van der Waals surface area contributed by atoms with E-state index in [1.165, 1.54) is 0 Å². The van der Waals surface area contributed by atoms with Gasteiger partial charge in [0, 0.05) is 11.8 Å². The van der Waals surface area contributed by atoms with Gasteiger partial charge in [0.25, 0.3) is 0 Å². The van der Waals surface area contributed by atoms with Gasteiger partial charge in [0.1, 0.15) is 5.84 Å². The van der Waals surface area contributed by atoms with E-state index < -0.39 is 11.7 Å². The van der Waals surface area contributed by atoms with E-state index in [1.807, 2.05) is 0 Å². The summed E-state index contributed by atoms with van der Waals surface area (Å²) in [5, 5.41) is 10.8. The van der Waals surface area contributed by atoms with Crippen LogP contribution in [0.2, 0.25) is 0 Å². The number of nitrogen functional groups attached to an aromatic ring is 1. The second kappa shape index (κ2) is 4.17. The van der Waals surface area contributed by atoms with E-state index in [0.717, 1.165) is 17.1 Å². The molecule has 1 aromatic carbocycles. The summed E-state index contributed by atoms with van der Waals surface area (Å²) >= 11 is 0. The minimum Gasteiger partial charge on any atom is -0.384 e. The number of alkyl halides is 3. The number of nitrogens with two attached hydrogens (primary N) is 1. The average molecular weight is 254 g/mol. The van der Waals surface area contributed by atoms with Gasteiger partial charge in [-0.3, -0.25) is 5.41 Å². The third kappa shape index (κ3) is 2.34. The van der Waals surface area contributed by atoms with Crippen molar-refractivity contribution in [1.29, 1.82) is 5.41 Å². The Balaban J connectivity index is 2.32. The number of aromatic nitrogens is 2. The molecule has 3 N–H and O–H groups in total. The predicted molar refractivity (Wildman–Crippen MR) is 59.6 cm³/mol.